The molecular formula is C23H21F2N5O. The van der Waals surface area contributed by atoms with Crippen molar-refractivity contribution in [1.29, 1.82) is 0 Å². The zero-order chi connectivity index (χ0) is 22.4. The van der Waals surface area contributed by atoms with Gasteiger partial charge in [-0.2, -0.15) is 0 Å². The molecule has 0 unspecified atom stereocenters. The number of pyridine rings is 1. The number of ketones is 1. The molecule has 158 valence electrons. The SMILES string of the molecule is CC(=O)/C(=C/N)N(N)c1ncc(N=C(c2ccccc2)c2ccccc2)cc1C(F)F. The number of carbonyl (C=O) groups is 1. The maximum absolute atomic E-state index is 13.8. The number of alkyl halides is 2. The van der Waals surface area contributed by atoms with Crippen molar-refractivity contribution in [3.8, 4) is 0 Å². The predicted molar refractivity (Wildman–Crippen MR) is 117 cm³/mol. The number of hydrazine groups is 1. The van der Waals surface area contributed by atoms with Crippen LogP contribution in [0.25, 0.3) is 0 Å². The van der Waals surface area contributed by atoms with Crippen LogP contribution in [0.5, 0.6) is 0 Å². The van der Waals surface area contributed by atoms with Crippen LogP contribution in [0.2, 0.25) is 0 Å². The summed E-state index contributed by atoms with van der Waals surface area (Å²) in [6.07, 6.45) is -0.623. The summed E-state index contributed by atoms with van der Waals surface area (Å²) in [5, 5.41) is 0.757. The number of anilines is 1. The number of allylic oxidation sites excluding steroid dienone is 1. The first kappa shape index (κ1) is 21.8. The van der Waals surface area contributed by atoms with Gasteiger partial charge in [-0.25, -0.2) is 24.6 Å². The molecule has 0 saturated heterocycles. The van der Waals surface area contributed by atoms with Crippen LogP contribution in [0.15, 0.2) is 89.8 Å². The van der Waals surface area contributed by atoms with Gasteiger partial charge >= 0.3 is 0 Å². The van der Waals surface area contributed by atoms with Crippen LogP contribution in [-0.4, -0.2) is 16.5 Å². The van der Waals surface area contributed by atoms with E-state index in [0.29, 0.717) is 5.71 Å². The summed E-state index contributed by atoms with van der Waals surface area (Å²) >= 11 is 0. The number of rotatable bonds is 7. The van der Waals surface area contributed by atoms with Crippen molar-refractivity contribution in [1.82, 2.24) is 4.98 Å². The number of hydrogen-bond acceptors (Lipinski definition) is 6. The fourth-order valence-corrected chi connectivity index (χ4v) is 2.98. The normalized spacial score (nSPS) is 11.3. The number of aromatic nitrogens is 1. The highest BCUT2D eigenvalue weighted by Gasteiger charge is 2.22. The van der Waals surface area contributed by atoms with E-state index in [1.807, 2.05) is 60.7 Å². The van der Waals surface area contributed by atoms with Crippen LogP contribution >= 0.6 is 0 Å². The van der Waals surface area contributed by atoms with Gasteiger partial charge in [-0.05, 0) is 6.07 Å². The first-order chi connectivity index (χ1) is 14.9. The number of benzene rings is 2. The van der Waals surface area contributed by atoms with E-state index in [2.05, 4.69) is 9.98 Å². The van der Waals surface area contributed by atoms with E-state index < -0.39 is 17.8 Å². The maximum Gasteiger partial charge on any atom is 0.267 e. The molecule has 0 amide bonds. The van der Waals surface area contributed by atoms with Gasteiger partial charge in [-0.3, -0.25) is 9.80 Å². The number of halogens is 2. The van der Waals surface area contributed by atoms with Gasteiger partial charge in [-0.1, -0.05) is 60.7 Å². The minimum atomic E-state index is -2.90. The summed E-state index contributed by atoms with van der Waals surface area (Å²) in [5.74, 6) is 5.10. The Kier molecular flexibility index (Phi) is 6.84. The van der Waals surface area contributed by atoms with E-state index in [-0.39, 0.29) is 17.2 Å². The van der Waals surface area contributed by atoms with E-state index >= 15 is 0 Å². The smallest absolute Gasteiger partial charge is 0.267 e. The Morgan fingerprint density at radius 1 is 1.06 bits per heavy atom. The van der Waals surface area contributed by atoms with Gasteiger partial charge in [0.1, 0.15) is 5.70 Å². The third-order valence-electron chi connectivity index (χ3n) is 4.46. The Labute approximate surface area is 178 Å². The summed E-state index contributed by atoms with van der Waals surface area (Å²) in [7, 11) is 0. The lowest BCUT2D eigenvalue weighted by atomic mass is 10.0. The fourth-order valence-electron chi connectivity index (χ4n) is 2.98. The average Bonchev–Trinajstić information content (AvgIpc) is 2.78. The maximum atomic E-state index is 13.8. The Morgan fingerprint density at radius 3 is 2.06 bits per heavy atom. The number of Topliss-reactive ketones (excluding diaryl/α,β-unsaturated/α-hetero) is 1. The van der Waals surface area contributed by atoms with Crippen molar-refractivity contribution < 1.29 is 13.6 Å². The first-order valence-corrected chi connectivity index (χ1v) is 9.37. The van der Waals surface area contributed by atoms with Crippen molar-refractivity contribution in [3.63, 3.8) is 0 Å². The molecule has 6 nitrogen and oxygen atoms in total. The molecule has 0 bridgehead atoms. The molecule has 0 aliphatic carbocycles. The molecule has 0 saturated carbocycles. The predicted octanol–water partition coefficient (Wildman–Crippen LogP) is 4.26. The summed E-state index contributed by atoms with van der Waals surface area (Å²) in [6, 6.07) is 20.0. The highest BCUT2D eigenvalue weighted by Crippen LogP contribution is 2.32. The third kappa shape index (κ3) is 4.99. The lowest BCUT2D eigenvalue weighted by Gasteiger charge is -2.21. The van der Waals surface area contributed by atoms with Crippen LogP contribution < -0.4 is 16.6 Å². The third-order valence-corrected chi connectivity index (χ3v) is 4.46. The van der Waals surface area contributed by atoms with Crippen molar-refractivity contribution in [3.05, 3.63) is 102 Å². The molecular weight excluding hydrogens is 400 g/mol. The zero-order valence-electron chi connectivity index (χ0n) is 16.7. The van der Waals surface area contributed by atoms with Crippen LogP contribution in [0.4, 0.5) is 20.3 Å². The Balaban J connectivity index is 2.12. The Hall–Kier alpha value is -3.91. The second-order valence-electron chi connectivity index (χ2n) is 6.58. The van der Waals surface area contributed by atoms with E-state index in [0.717, 1.165) is 22.3 Å². The second kappa shape index (κ2) is 9.73. The van der Waals surface area contributed by atoms with Crippen LogP contribution in [0.3, 0.4) is 0 Å². The molecule has 0 radical (unpaired) electrons. The van der Waals surface area contributed by atoms with Gasteiger partial charge in [0.2, 0.25) is 0 Å². The molecule has 0 aliphatic rings. The number of hydrogen-bond donors (Lipinski definition) is 2. The highest BCUT2D eigenvalue weighted by atomic mass is 19.3. The van der Waals surface area contributed by atoms with E-state index in [1.165, 1.54) is 19.2 Å². The molecule has 31 heavy (non-hydrogen) atoms. The molecule has 3 rings (SSSR count). The van der Waals surface area contributed by atoms with Gasteiger partial charge in [0.25, 0.3) is 6.43 Å². The molecule has 8 heteroatoms. The van der Waals surface area contributed by atoms with Gasteiger partial charge in [0, 0.05) is 24.3 Å². The lowest BCUT2D eigenvalue weighted by Crippen LogP contribution is -2.35. The molecule has 4 N–H and O–H groups in total. The fraction of sp³-hybridized carbons (Fsp3) is 0.0870. The summed E-state index contributed by atoms with van der Waals surface area (Å²) < 4.78 is 27.6. The van der Waals surface area contributed by atoms with Crippen molar-refractivity contribution in [2.45, 2.75) is 13.3 Å². The van der Waals surface area contributed by atoms with Crippen LogP contribution in [0.1, 0.15) is 30.0 Å². The summed E-state index contributed by atoms with van der Waals surface area (Å²) in [6.45, 7) is 1.23. The molecule has 0 aliphatic heterocycles. The molecule has 0 fully saturated rings. The summed E-state index contributed by atoms with van der Waals surface area (Å²) in [5.41, 5.74) is 7.26. The van der Waals surface area contributed by atoms with Gasteiger partial charge in [0.05, 0.1) is 23.2 Å². The molecule has 1 heterocycles. The van der Waals surface area contributed by atoms with E-state index in [4.69, 9.17) is 11.6 Å². The number of aliphatic imine (C=N–C) groups is 1. The minimum absolute atomic E-state index is 0.153. The van der Waals surface area contributed by atoms with Gasteiger partial charge < -0.3 is 5.73 Å². The molecule has 3 aromatic rings. The lowest BCUT2D eigenvalue weighted by molar-refractivity contribution is -0.113. The molecule has 0 spiro atoms. The van der Waals surface area contributed by atoms with Crippen LogP contribution in [-0.2, 0) is 4.79 Å². The summed E-state index contributed by atoms with van der Waals surface area (Å²) in [4.78, 5) is 20.3. The quantitative estimate of drug-likeness (QED) is 0.257. The largest absolute Gasteiger partial charge is 0.403 e. The van der Waals surface area contributed by atoms with Gasteiger partial charge in [-0.15, -0.1) is 0 Å². The Bertz CT molecular complexity index is 1070. The average molecular weight is 421 g/mol. The first-order valence-electron chi connectivity index (χ1n) is 9.37. The van der Waals surface area contributed by atoms with Crippen molar-refractivity contribution in [2.24, 2.45) is 16.6 Å². The number of carbonyl (C=O) groups excluding carboxylic acids is 1. The van der Waals surface area contributed by atoms with E-state index in [9.17, 15) is 13.6 Å². The monoisotopic (exact) mass is 421 g/mol. The molecule has 1 aromatic heterocycles. The highest BCUT2D eigenvalue weighted by molar-refractivity contribution is 6.13. The van der Waals surface area contributed by atoms with E-state index in [1.54, 1.807) is 0 Å². The second-order valence-corrected chi connectivity index (χ2v) is 6.58. The van der Waals surface area contributed by atoms with Crippen molar-refractivity contribution in [2.75, 3.05) is 5.01 Å². The number of nitrogens with zero attached hydrogens (tertiary/aromatic N) is 3. The van der Waals surface area contributed by atoms with Gasteiger partial charge in [0.15, 0.2) is 11.6 Å². The minimum Gasteiger partial charge on any atom is -0.403 e. The number of nitrogens with two attached hydrogens (primary N) is 2. The standard InChI is InChI=1S/C23H21F2N5O/c1-15(31)20(13-26)30(27)23-19(22(24)25)12-18(14-28-23)29-21(16-8-4-2-5-9-16)17-10-6-3-7-11-17/h2-14,22H,26-27H2,1H3/b20-13-. The van der Waals surface area contributed by atoms with Crippen LogP contribution in [0, 0.1) is 0 Å². The Morgan fingerprint density at radius 2 is 1.61 bits per heavy atom. The molecule has 0 atom stereocenters. The molecule has 2 aromatic carbocycles. The van der Waals surface area contributed by atoms with Crippen molar-refractivity contribution >= 4 is 23.0 Å². The zero-order valence-corrected chi connectivity index (χ0v) is 16.7. The topological polar surface area (TPSA) is 97.6 Å².